The third-order valence-electron chi connectivity index (χ3n) is 3.89. The summed E-state index contributed by atoms with van der Waals surface area (Å²) in [6.07, 6.45) is 2.91. The van der Waals surface area contributed by atoms with Crippen LogP contribution in [0, 0.1) is 5.92 Å². The third kappa shape index (κ3) is 4.39. The van der Waals surface area contributed by atoms with Crippen LogP contribution in [0.15, 0.2) is 0 Å². The van der Waals surface area contributed by atoms with E-state index in [1.54, 1.807) is 4.90 Å². The molecule has 8 nitrogen and oxygen atoms in total. The molecule has 0 radical (unpaired) electrons. The number of amides is 1. The molecular formula is C12H21N3O5S. The average molecular weight is 319 g/mol. The van der Waals surface area contributed by atoms with Gasteiger partial charge in [-0.2, -0.15) is 4.31 Å². The van der Waals surface area contributed by atoms with Crippen LogP contribution in [0.2, 0.25) is 0 Å². The van der Waals surface area contributed by atoms with Crippen molar-refractivity contribution in [3.05, 3.63) is 0 Å². The lowest BCUT2D eigenvalue weighted by Crippen LogP contribution is -2.53. The Morgan fingerprint density at radius 3 is 2.24 bits per heavy atom. The highest BCUT2D eigenvalue weighted by Gasteiger charge is 2.36. The zero-order valence-electron chi connectivity index (χ0n) is 12.0. The summed E-state index contributed by atoms with van der Waals surface area (Å²) < 4.78 is 24.1. The Kier molecular flexibility index (Phi) is 4.84. The number of carboxylic acid groups (broad SMARTS) is 1. The molecule has 1 saturated heterocycles. The van der Waals surface area contributed by atoms with Gasteiger partial charge < -0.3 is 10.0 Å². The van der Waals surface area contributed by atoms with Gasteiger partial charge in [0.2, 0.25) is 15.9 Å². The maximum Gasteiger partial charge on any atom is 0.320 e. The van der Waals surface area contributed by atoms with Crippen LogP contribution in [0.4, 0.5) is 0 Å². The molecule has 0 aromatic heterocycles. The number of nitrogens with one attached hydrogen (secondary N) is 1. The number of sulfonamides is 1. The van der Waals surface area contributed by atoms with Gasteiger partial charge in [-0.15, -0.1) is 0 Å². The number of carbonyl (C=O) groups excluding carboxylic acids is 1. The molecule has 1 unspecified atom stereocenters. The van der Waals surface area contributed by atoms with E-state index >= 15 is 0 Å². The molecule has 9 heteroatoms. The first-order chi connectivity index (χ1) is 9.79. The predicted molar refractivity (Wildman–Crippen MR) is 75.1 cm³/mol. The van der Waals surface area contributed by atoms with E-state index < -0.39 is 22.0 Å². The number of piperazine rings is 1. The minimum atomic E-state index is -3.21. The Morgan fingerprint density at radius 1 is 1.24 bits per heavy atom. The number of hydrogen-bond acceptors (Lipinski definition) is 5. The number of nitrogens with zero attached hydrogens (tertiary/aromatic N) is 2. The topological polar surface area (TPSA) is 107 Å². The maximum atomic E-state index is 12.0. The van der Waals surface area contributed by atoms with Gasteiger partial charge in [0, 0.05) is 26.2 Å². The van der Waals surface area contributed by atoms with E-state index in [1.807, 2.05) is 0 Å². The fraction of sp³-hybridized carbons (Fsp3) is 0.833. The van der Waals surface area contributed by atoms with E-state index in [-0.39, 0.29) is 31.5 Å². The van der Waals surface area contributed by atoms with Crippen molar-refractivity contribution in [2.24, 2.45) is 5.92 Å². The first-order valence-corrected chi connectivity index (χ1v) is 8.83. The highest BCUT2D eigenvalue weighted by molar-refractivity contribution is 7.88. The predicted octanol–water partition coefficient (Wildman–Crippen LogP) is -1.46. The Hall–Kier alpha value is -1.19. The third-order valence-corrected chi connectivity index (χ3v) is 5.20. The molecule has 2 aliphatic rings. The average Bonchev–Trinajstić information content (AvgIpc) is 3.22. The van der Waals surface area contributed by atoms with Crippen LogP contribution in [0.25, 0.3) is 0 Å². The molecule has 2 rings (SSSR count). The Balaban J connectivity index is 1.78. The molecule has 0 bridgehead atoms. The SMILES string of the molecule is CS(=O)(=O)N1CCN(C(=O)CNC(C(=O)O)C2CC2)CC1. The summed E-state index contributed by atoms with van der Waals surface area (Å²) in [7, 11) is -3.21. The second-order valence-corrected chi connectivity index (χ2v) is 7.56. The van der Waals surface area contributed by atoms with Crippen molar-refractivity contribution in [3.8, 4) is 0 Å². The van der Waals surface area contributed by atoms with Gasteiger partial charge in [0.25, 0.3) is 0 Å². The fourth-order valence-electron chi connectivity index (χ4n) is 2.46. The number of hydrogen-bond donors (Lipinski definition) is 2. The van der Waals surface area contributed by atoms with Crippen molar-refractivity contribution < 1.29 is 23.1 Å². The molecule has 1 heterocycles. The summed E-state index contributed by atoms with van der Waals surface area (Å²) in [5.41, 5.74) is 0. The molecule has 1 atom stereocenters. The van der Waals surface area contributed by atoms with Crippen LogP contribution in [0.5, 0.6) is 0 Å². The second kappa shape index (κ2) is 6.29. The molecule has 0 spiro atoms. The van der Waals surface area contributed by atoms with E-state index in [2.05, 4.69) is 5.32 Å². The van der Waals surface area contributed by atoms with Crippen LogP contribution in [0.3, 0.4) is 0 Å². The molecule has 0 aromatic rings. The molecule has 120 valence electrons. The Labute approximate surface area is 124 Å². The Morgan fingerprint density at radius 2 is 1.81 bits per heavy atom. The molecule has 0 aromatic carbocycles. The van der Waals surface area contributed by atoms with E-state index in [9.17, 15) is 18.0 Å². The lowest BCUT2D eigenvalue weighted by molar-refractivity contribution is -0.140. The molecule has 1 saturated carbocycles. The van der Waals surface area contributed by atoms with Crippen molar-refractivity contribution in [1.82, 2.24) is 14.5 Å². The summed E-state index contributed by atoms with van der Waals surface area (Å²) in [5, 5.41) is 11.9. The van der Waals surface area contributed by atoms with Crippen molar-refractivity contribution in [2.75, 3.05) is 39.0 Å². The van der Waals surface area contributed by atoms with Gasteiger partial charge >= 0.3 is 5.97 Å². The normalized spacial score (nSPS) is 22.0. The van der Waals surface area contributed by atoms with Crippen LogP contribution < -0.4 is 5.32 Å². The summed E-state index contributed by atoms with van der Waals surface area (Å²) in [4.78, 5) is 24.7. The first-order valence-electron chi connectivity index (χ1n) is 6.98. The second-order valence-electron chi connectivity index (χ2n) is 5.58. The zero-order valence-corrected chi connectivity index (χ0v) is 12.8. The standard InChI is InChI=1S/C12H21N3O5S/c1-21(19,20)15-6-4-14(5-7-15)10(16)8-13-11(12(17)18)9-2-3-9/h9,11,13H,2-8H2,1H3,(H,17,18). The minimum absolute atomic E-state index is 0.0215. The summed E-state index contributed by atoms with van der Waals surface area (Å²) in [6, 6.07) is -0.661. The number of aliphatic carboxylic acids is 1. The van der Waals surface area contributed by atoms with Gasteiger partial charge in [-0.1, -0.05) is 0 Å². The van der Waals surface area contributed by atoms with Gasteiger partial charge in [0.05, 0.1) is 12.8 Å². The van der Waals surface area contributed by atoms with Crippen LogP contribution >= 0.6 is 0 Å². The van der Waals surface area contributed by atoms with Crippen LogP contribution in [-0.2, 0) is 19.6 Å². The minimum Gasteiger partial charge on any atom is -0.480 e. The fourth-order valence-corrected chi connectivity index (χ4v) is 3.29. The molecule has 1 amide bonds. The number of rotatable bonds is 6. The first kappa shape index (κ1) is 16.2. The van der Waals surface area contributed by atoms with E-state index in [1.165, 1.54) is 4.31 Å². The van der Waals surface area contributed by atoms with E-state index in [4.69, 9.17) is 5.11 Å². The lowest BCUT2D eigenvalue weighted by Gasteiger charge is -2.33. The summed E-state index contributed by atoms with van der Waals surface area (Å²) in [6.45, 7) is 1.24. The van der Waals surface area contributed by atoms with Gasteiger partial charge in [-0.05, 0) is 18.8 Å². The molecule has 2 N–H and O–H groups in total. The number of carboxylic acids is 1. The van der Waals surface area contributed by atoms with Crippen molar-refractivity contribution >= 4 is 21.9 Å². The molecule has 1 aliphatic heterocycles. The largest absolute Gasteiger partial charge is 0.480 e. The lowest BCUT2D eigenvalue weighted by atomic mass is 10.2. The molecular weight excluding hydrogens is 298 g/mol. The smallest absolute Gasteiger partial charge is 0.320 e. The Bertz CT molecular complexity index is 509. The summed E-state index contributed by atoms with van der Waals surface area (Å²) in [5.74, 6) is -0.986. The van der Waals surface area contributed by atoms with Crippen LogP contribution in [-0.4, -0.2) is 79.6 Å². The molecule has 2 fully saturated rings. The zero-order chi connectivity index (χ0) is 15.6. The maximum absolute atomic E-state index is 12.0. The molecule has 1 aliphatic carbocycles. The monoisotopic (exact) mass is 319 g/mol. The molecule has 21 heavy (non-hydrogen) atoms. The van der Waals surface area contributed by atoms with E-state index in [0.29, 0.717) is 13.1 Å². The van der Waals surface area contributed by atoms with Gasteiger partial charge in [0.1, 0.15) is 6.04 Å². The van der Waals surface area contributed by atoms with Crippen molar-refractivity contribution in [2.45, 2.75) is 18.9 Å². The van der Waals surface area contributed by atoms with Crippen LogP contribution in [0.1, 0.15) is 12.8 Å². The highest BCUT2D eigenvalue weighted by atomic mass is 32.2. The van der Waals surface area contributed by atoms with Crippen molar-refractivity contribution in [3.63, 3.8) is 0 Å². The number of carbonyl (C=O) groups is 2. The van der Waals surface area contributed by atoms with Gasteiger partial charge in [-0.3, -0.25) is 14.9 Å². The van der Waals surface area contributed by atoms with E-state index in [0.717, 1.165) is 19.1 Å². The highest BCUT2D eigenvalue weighted by Crippen LogP contribution is 2.32. The summed E-state index contributed by atoms with van der Waals surface area (Å²) >= 11 is 0. The quantitative estimate of drug-likeness (QED) is 0.620. The van der Waals surface area contributed by atoms with Gasteiger partial charge in [-0.25, -0.2) is 8.42 Å². The van der Waals surface area contributed by atoms with Crippen molar-refractivity contribution in [1.29, 1.82) is 0 Å². The van der Waals surface area contributed by atoms with Gasteiger partial charge in [0.15, 0.2) is 0 Å².